The fraction of sp³-hybridized carbons (Fsp3) is 0.538. The van der Waals surface area contributed by atoms with Crippen molar-refractivity contribution in [1.82, 2.24) is 0 Å². The average Bonchev–Trinajstić information content (AvgIpc) is 2.22. The van der Waals surface area contributed by atoms with E-state index in [4.69, 9.17) is 4.74 Å². The Labute approximate surface area is 88.1 Å². The van der Waals surface area contributed by atoms with E-state index in [1.165, 1.54) is 17.5 Å². The van der Waals surface area contributed by atoms with Crippen LogP contribution in [-0.4, -0.2) is 7.11 Å². The first-order valence-corrected chi connectivity index (χ1v) is 5.41. The maximum Gasteiger partial charge on any atom is 0.121 e. The minimum Gasteiger partial charge on any atom is -0.496 e. The van der Waals surface area contributed by atoms with Gasteiger partial charge in [0.15, 0.2) is 0 Å². The van der Waals surface area contributed by atoms with Crippen LogP contribution in [0.5, 0.6) is 5.75 Å². The molecule has 0 radical (unpaired) electrons. The first-order valence-electron chi connectivity index (χ1n) is 5.41. The van der Waals surface area contributed by atoms with Crippen molar-refractivity contribution in [3.63, 3.8) is 0 Å². The maximum atomic E-state index is 5.18. The fourth-order valence-electron chi connectivity index (χ4n) is 1.38. The molecule has 0 aromatic heterocycles. The third-order valence-corrected chi connectivity index (χ3v) is 2.00. The molecule has 1 aromatic rings. The highest BCUT2D eigenvalue weighted by Gasteiger charge is 1.98. The molecule has 0 unspecified atom stereocenters. The number of methoxy groups -OCH3 is 1. The molecule has 0 aliphatic heterocycles. The van der Waals surface area contributed by atoms with Gasteiger partial charge in [0.2, 0.25) is 0 Å². The number of ether oxygens (including phenoxy) is 1. The number of rotatable bonds is 3. The van der Waals surface area contributed by atoms with Crippen LogP contribution in [0.15, 0.2) is 18.2 Å². The zero-order chi connectivity index (χ0) is 11.0. The Balaban J connectivity index is 0.000000791. The lowest BCUT2D eigenvalue weighted by molar-refractivity contribution is 0.411. The minimum absolute atomic E-state index is 0.981. The predicted octanol–water partition coefficient (Wildman–Crippen LogP) is 3.98. The predicted molar refractivity (Wildman–Crippen MR) is 63.1 cm³/mol. The normalized spacial score (nSPS) is 8.93. The van der Waals surface area contributed by atoms with Gasteiger partial charge in [-0.2, -0.15) is 0 Å². The van der Waals surface area contributed by atoms with Crippen molar-refractivity contribution in [2.24, 2.45) is 0 Å². The third kappa shape index (κ3) is 3.82. The van der Waals surface area contributed by atoms with Crippen molar-refractivity contribution in [2.75, 3.05) is 7.11 Å². The van der Waals surface area contributed by atoms with Gasteiger partial charge >= 0.3 is 0 Å². The molecule has 0 bridgehead atoms. The minimum atomic E-state index is 0.981. The van der Waals surface area contributed by atoms with Gasteiger partial charge in [0.05, 0.1) is 7.11 Å². The summed E-state index contributed by atoms with van der Waals surface area (Å²) in [6.07, 6.45) is 2.36. The number of benzene rings is 1. The SMILES string of the molecule is CC.CCCc1ccc(OC)c(C)c1. The van der Waals surface area contributed by atoms with Gasteiger partial charge in [-0.15, -0.1) is 0 Å². The first-order chi connectivity index (χ1) is 6.77. The lowest BCUT2D eigenvalue weighted by Gasteiger charge is -2.05. The second-order valence-electron chi connectivity index (χ2n) is 3.05. The van der Waals surface area contributed by atoms with Crippen LogP contribution in [0.1, 0.15) is 38.3 Å². The van der Waals surface area contributed by atoms with E-state index in [1.54, 1.807) is 7.11 Å². The monoisotopic (exact) mass is 194 g/mol. The van der Waals surface area contributed by atoms with Gasteiger partial charge in [-0.3, -0.25) is 0 Å². The van der Waals surface area contributed by atoms with Crippen LogP contribution in [-0.2, 0) is 6.42 Å². The van der Waals surface area contributed by atoms with Gasteiger partial charge in [-0.1, -0.05) is 39.3 Å². The summed E-state index contributed by atoms with van der Waals surface area (Å²) in [7, 11) is 1.71. The van der Waals surface area contributed by atoms with Gasteiger partial charge in [-0.25, -0.2) is 0 Å². The van der Waals surface area contributed by atoms with Crippen LogP contribution in [0.3, 0.4) is 0 Å². The number of hydrogen-bond donors (Lipinski definition) is 0. The summed E-state index contributed by atoms with van der Waals surface area (Å²) in [5.41, 5.74) is 2.62. The maximum absolute atomic E-state index is 5.18. The quantitative estimate of drug-likeness (QED) is 0.707. The van der Waals surface area contributed by atoms with Crippen LogP contribution in [0.25, 0.3) is 0 Å². The summed E-state index contributed by atoms with van der Waals surface area (Å²) >= 11 is 0. The van der Waals surface area contributed by atoms with E-state index in [2.05, 4.69) is 26.0 Å². The van der Waals surface area contributed by atoms with Gasteiger partial charge in [0.1, 0.15) is 5.75 Å². The summed E-state index contributed by atoms with van der Waals surface area (Å²) in [5, 5.41) is 0. The Kier molecular flexibility index (Phi) is 6.91. The van der Waals surface area contributed by atoms with Gasteiger partial charge < -0.3 is 4.74 Å². The molecule has 1 heteroatoms. The van der Waals surface area contributed by atoms with Crippen LogP contribution in [0, 0.1) is 6.92 Å². The van der Waals surface area contributed by atoms with Crippen molar-refractivity contribution in [1.29, 1.82) is 0 Å². The van der Waals surface area contributed by atoms with E-state index < -0.39 is 0 Å². The Hall–Kier alpha value is -0.980. The van der Waals surface area contributed by atoms with Crippen molar-refractivity contribution in [2.45, 2.75) is 40.5 Å². The van der Waals surface area contributed by atoms with Crippen molar-refractivity contribution < 1.29 is 4.74 Å². The molecule has 0 aliphatic rings. The van der Waals surface area contributed by atoms with Crippen LogP contribution < -0.4 is 4.74 Å². The van der Waals surface area contributed by atoms with E-state index in [1.807, 2.05) is 19.9 Å². The van der Waals surface area contributed by atoms with E-state index in [9.17, 15) is 0 Å². The van der Waals surface area contributed by atoms with Gasteiger partial charge in [0, 0.05) is 0 Å². The molecule has 1 rings (SSSR count). The third-order valence-electron chi connectivity index (χ3n) is 2.00. The molecule has 0 N–H and O–H groups in total. The van der Waals surface area contributed by atoms with Crippen molar-refractivity contribution in [3.05, 3.63) is 29.3 Å². The summed E-state index contributed by atoms with van der Waals surface area (Å²) in [4.78, 5) is 0. The smallest absolute Gasteiger partial charge is 0.121 e. The van der Waals surface area contributed by atoms with E-state index >= 15 is 0 Å². The lowest BCUT2D eigenvalue weighted by atomic mass is 10.1. The highest BCUT2D eigenvalue weighted by molar-refractivity contribution is 5.36. The lowest BCUT2D eigenvalue weighted by Crippen LogP contribution is -1.89. The highest BCUT2D eigenvalue weighted by Crippen LogP contribution is 2.18. The summed E-state index contributed by atoms with van der Waals surface area (Å²) < 4.78 is 5.18. The fourth-order valence-corrected chi connectivity index (χ4v) is 1.38. The molecule has 1 nitrogen and oxygen atoms in total. The van der Waals surface area contributed by atoms with Crippen LogP contribution in [0.2, 0.25) is 0 Å². The van der Waals surface area contributed by atoms with Crippen molar-refractivity contribution in [3.8, 4) is 5.75 Å². The van der Waals surface area contributed by atoms with Gasteiger partial charge in [0.25, 0.3) is 0 Å². The molecular weight excluding hydrogens is 172 g/mol. The zero-order valence-corrected chi connectivity index (χ0v) is 10.1. The largest absolute Gasteiger partial charge is 0.496 e. The molecule has 14 heavy (non-hydrogen) atoms. The van der Waals surface area contributed by atoms with E-state index in [-0.39, 0.29) is 0 Å². The first kappa shape index (κ1) is 13.0. The Bertz CT molecular complexity index is 253. The van der Waals surface area contributed by atoms with Gasteiger partial charge in [-0.05, 0) is 30.5 Å². The topological polar surface area (TPSA) is 9.23 Å². The Morgan fingerprint density at radius 3 is 2.29 bits per heavy atom. The molecule has 0 fully saturated rings. The molecular formula is C13H22O. The second-order valence-corrected chi connectivity index (χ2v) is 3.05. The second kappa shape index (κ2) is 7.43. The Morgan fingerprint density at radius 1 is 1.21 bits per heavy atom. The highest BCUT2D eigenvalue weighted by atomic mass is 16.5. The summed E-state index contributed by atoms with van der Waals surface area (Å²) in [6.45, 7) is 8.28. The number of aryl methyl sites for hydroxylation is 2. The molecule has 0 saturated carbocycles. The zero-order valence-electron chi connectivity index (χ0n) is 10.1. The Morgan fingerprint density at radius 2 is 1.86 bits per heavy atom. The van der Waals surface area contributed by atoms with Crippen LogP contribution in [0.4, 0.5) is 0 Å². The average molecular weight is 194 g/mol. The molecule has 0 spiro atoms. The summed E-state index contributed by atoms with van der Waals surface area (Å²) in [5.74, 6) is 0.981. The standard InChI is InChI=1S/C11H16O.C2H6/c1-4-5-10-6-7-11(12-3)9(2)8-10;1-2/h6-8H,4-5H2,1-3H3;1-2H3. The molecule has 0 aliphatic carbocycles. The molecule has 0 amide bonds. The molecule has 0 atom stereocenters. The molecule has 0 saturated heterocycles. The summed E-state index contributed by atoms with van der Waals surface area (Å²) in [6, 6.07) is 6.37. The van der Waals surface area contributed by atoms with Crippen molar-refractivity contribution >= 4 is 0 Å². The molecule has 80 valence electrons. The van der Waals surface area contributed by atoms with Crippen LogP contribution >= 0.6 is 0 Å². The molecule has 0 heterocycles. The van der Waals surface area contributed by atoms with E-state index in [0.717, 1.165) is 12.2 Å². The molecule has 1 aromatic carbocycles. The number of hydrogen-bond acceptors (Lipinski definition) is 1. The van der Waals surface area contributed by atoms with E-state index in [0.29, 0.717) is 0 Å².